The maximum Gasteiger partial charge on any atom is 0.573 e. The lowest BCUT2D eigenvalue weighted by molar-refractivity contribution is -0.274. The number of rotatable bonds is 1. The molecule has 1 aromatic carbocycles. The average Bonchev–Trinajstić information content (AvgIpc) is 2.49. The lowest BCUT2D eigenvalue weighted by Crippen LogP contribution is -2.17. The Hall–Kier alpha value is -1.65. The standard InChI is InChI=1S/C9H4F3O2/c10-9(11,12)14-7-3-1-2-6-4-5-13-8(6)7/h1-4H. The van der Waals surface area contributed by atoms with Crippen molar-refractivity contribution in [1.82, 2.24) is 0 Å². The van der Waals surface area contributed by atoms with Crippen LogP contribution >= 0.6 is 0 Å². The van der Waals surface area contributed by atoms with Gasteiger partial charge in [0.25, 0.3) is 0 Å². The minimum absolute atomic E-state index is 0.0461. The van der Waals surface area contributed by atoms with E-state index < -0.39 is 6.36 Å². The number of hydrogen-bond donors (Lipinski definition) is 0. The van der Waals surface area contributed by atoms with Crippen LogP contribution in [-0.4, -0.2) is 6.36 Å². The number of ether oxygens (including phenoxy) is 1. The Morgan fingerprint density at radius 2 is 2.07 bits per heavy atom. The molecule has 0 spiro atoms. The van der Waals surface area contributed by atoms with Crippen molar-refractivity contribution in [2.75, 3.05) is 0 Å². The fourth-order valence-electron chi connectivity index (χ4n) is 1.11. The third kappa shape index (κ3) is 1.66. The van der Waals surface area contributed by atoms with Gasteiger partial charge >= 0.3 is 6.36 Å². The molecule has 1 radical (unpaired) electrons. The van der Waals surface area contributed by atoms with Crippen LogP contribution < -0.4 is 4.74 Å². The third-order valence-electron chi connectivity index (χ3n) is 1.61. The van der Waals surface area contributed by atoms with Crippen molar-refractivity contribution in [2.45, 2.75) is 6.36 Å². The summed E-state index contributed by atoms with van der Waals surface area (Å²) in [6.07, 6.45) is -2.37. The minimum Gasteiger partial charge on any atom is -0.449 e. The Kier molecular flexibility index (Phi) is 1.87. The Labute approximate surface area is 76.9 Å². The number of benzene rings is 1. The molecule has 0 saturated carbocycles. The molecule has 0 N–H and O–H groups in total. The Bertz CT molecular complexity index is 444. The van der Waals surface area contributed by atoms with Gasteiger partial charge in [-0.1, -0.05) is 12.1 Å². The Morgan fingerprint density at radius 1 is 1.29 bits per heavy atom. The van der Waals surface area contributed by atoms with E-state index in [4.69, 9.17) is 4.42 Å². The molecule has 1 aromatic heterocycles. The summed E-state index contributed by atoms with van der Waals surface area (Å²) >= 11 is 0. The molecule has 73 valence electrons. The van der Waals surface area contributed by atoms with Gasteiger partial charge in [0.2, 0.25) is 0 Å². The largest absolute Gasteiger partial charge is 0.573 e. The Balaban J connectivity index is 2.46. The number of furan rings is 1. The van der Waals surface area contributed by atoms with Crippen LogP contribution in [0.1, 0.15) is 0 Å². The van der Waals surface area contributed by atoms with E-state index in [9.17, 15) is 13.2 Å². The first-order valence-electron chi connectivity index (χ1n) is 3.70. The normalized spacial score (nSPS) is 11.9. The summed E-state index contributed by atoms with van der Waals surface area (Å²) < 4.78 is 44.2. The van der Waals surface area contributed by atoms with Crippen LogP contribution in [0.25, 0.3) is 11.0 Å². The van der Waals surface area contributed by atoms with Gasteiger partial charge in [-0.2, -0.15) is 0 Å². The average molecular weight is 201 g/mol. The van der Waals surface area contributed by atoms with Crippen molar-refractivity contribution < 1.29 is 22.3 Å². The summed E-state index contributed by atoms with van der Waals surface area (Å²) in [6.45, 7) is 0. The maximum absolute atomic E-state index is 11.9. The maximum atomic E-state index is 11.9. The second kappa shape index (κ2) is 2.94. The zero-order valence-corrected chi connectivity index (χ0v) is 6.76. The first kappa shape index (κ1) is 8.93. The van der Waals surface area contributed by atoms with Crippen molar-refractivity contribution in [1.29, 1.82) is 0 Å². The van der Waals surface area contributed by atoms with Gasteiger partial charge in [-0.15, -0.1) is 13.2 Å². The number of fused-ring (bicyclic) bond motifs is 1. The number of para-hydroxylation sites is 1. The molecule has 0 aliphatic carbocycles. The van der Waals surface area contributed by atoms with Gasteiger partial charge in [0.1, 0.15) is 0 Å². The smallest absolute Gasteiger partial charge is 0.449 e. The molecule has 14 heavy (non-hydrogen) atoms. The van der Waals surface area contributed by atoms with E-state index in [2.05, 4.69) is 11.0 Å². The van der Waals surface area contributed by atoms with Crippen LogP contribution in [0.3, 0.4) is 0 Å². The van der Waals surface area contributed by atoms with Crippen molar-refractivity contribution in [3.8, 4) is 5.75 Å². The Morgan fingerprint density at radius 3 is 2.79 bits per heavy atom. The highest BCUT2D eigenvalue weighted by Gasteiger charge is 2.32. The molecular formula is C9H4F3O2. The summed E-state index contributed by atoms with van der Waals surface area (Å²) in [5.74, 6) is -0.351. The second-order valence-electron chi connectivity index (χ2n) is 2.59. The van der Waals surface area contributed by atoms with E-state index in [0.717, 1.165) is 0 Å². The van der Waals surface area contributed by atoms with E-state index in [-0.39, 0.29) is 11.3 Å². The zero-order valence-electron chi connectivity index (χ0n) is 6.76. The van der Waals surface area contributed by atoms with Gasteiger partial charge in [0.05, 0.1) is 0 Å². The fourth-order valence-corrected chi connectivity index (χ4v) is 1.11. The van der Waals surface area contributed by atoms with Crippen LogP contribution in [0.15, 0.2) is 28.7 Å². The van der Waals surface area contributed by atoms with Gasteiger partial charge in [0.15, 0.2) is 17.6 Å². The van der Waals surface area contributed by atoms with Crippen LogP contribution in [0, 0.1) is 6.26 Å². The predicted octanol–water partition coefficient (Wildman–Crippen LogP) is 3.13. The minimum atomic E-state index is -4.71. The van der Waals surface area contributed by atoms with Gasteiger partial charge < -0.3 is 9.15 Å². The lowest BCUT2D eigenvalue weighted by Gasteiger charge is -2.08. The molecule has 0 amide bonds. The molecule has 0 saturated heterocycles. The van der Waals surface area contributed by atoms with Gasteiger partial charge in [-0.3, -0.25) is 0 Å². The molecule has 2 aromatic rings. The number of alkyl halides is 3. The topological polar surface area (TPSA) is 22.4 Å². The monoisotopic (exact) mass is 201 g/mol. The van der Waals surface area contributed by atoms with Crippen molar-refractivity contribution in [2.24, 2.45) is 0 Å². The zero-order chi connectivity index (χ0) is 10.2. The molecule has 2 rings (SSSR count). The van der Waals surface area contributed by atoms with E-state index in [0.29, 0.717) is 5.39 Å². The molecule has 0 aliphatic heterocycles. The summed E-state index contributed by atoms with van der Waals surface area (Å²) in [5.41, 5.74) is 0.0461. The molecule has 0 fully saturated rings. The van der Waals surface area contributed by atoms with Crippen molar-refractivity contribution in [3.05, 3.63) is 30.5 Å². The van der Waals surface area contributed by atoms with E-state index in [1.807, 2.05) is 0 Å². The molecule has 5 heteroatoms. The molecule has 0 unspecified atom stereocenters. The molecule has 0 aliphatic rings. The third-order valence-corrected chi connectivity index (χ3v) is 1.61. The predicted molar refractivity (Wildman–Crippen MR) is 41.7 cm³/mol. The number of hydrogen-bond acceptors (Lipinski definition) is 2. The first-order chi connectivity index (χ1) is 6.56. The molecular weight excluding hydrogens is 197 g/mol. The highest BCUT2D eigenvalue weighted by Crippen LogP contribution is 2.30. The van der Waals surface area contributed by atoms with E-state index in [1.165, 1.54) is 18.2 Å². The molecule has 2 nitrogen and oxygen atoms in total. The SMILES string of the molecule is FC(F)(F)Oc1cccc2c[c]oc12. The summed E-state index contributed by atoms with van der Waals surface area (Å²) in [4.78, 5) is 0. The van der Waals surface area contributed by atoms with Crippen LogP contribution in [-0.2, 0) is 0 Å². The fraction of sp³-hybridized carbons (Fsp3) is 0.111. The molecule has 0 bridgehead atoms. The van der Waals surface area contributed by atoms with Gasteiger partial charge in [0, 0.05) is 5.39 Å². The quantitative estimate of drug-likeness (QED) is 0.707. The summed E-state index contributed by atoms with van der Waals surface area (Å²) in [5, 5.41) is 0.520. The van der Waals surface area contributed by atoms with Crippen molar-refractivity contribution >= 4 is 11.0 Å². The summed E-state index contributed by atoms with van der Waals surface area (Å²) in [7, 11) is 0. The second-order valence-corrected chi connectivity index (χ2v) is 2.59. The molecule has 0 atom stereocenters. The van der Waals surface area contributed by atoms with Gasteiger partial charge in [-0.05, 0) is 12.1 Å². The van der Waals surface area contributed by atoms with Crippen LogP contribution in [0.2, 0.25) is 0 Å². The van der Waals surface area contributed by atoms with Crippen LogP contribution in [0.4, 0.5) is 13.2 Å². The lowest BCUT2D eigenvalue weighted by atomic mass is 10.2. The number of halogens is 3. The van der Waals surface area contributed by atoms with Gasteiger partial charge in [-0.25, -0.2) is 0 Å². The first-order valence-corrected chi connectivity index (χ1v) is 3.70. The van der Waals surface area contributed by atoms with E-state index >= 15 is 0 Å². The molecule has 1 heterocycles. The van der Waals surface area contributed by atoms with Crippen molar-refractivity contribution in [3.63, 3.8) is 0 Å². The van der Waals surface area contributed by atoms with E-state index in [1.54, 1.807) is 6.07 Å². The van der Waals surface area contributed by atoms with Crippen LogP contribution in [0.5, 0.6) is 5.75 Å². The highest BCUT2D eigenvalue weighted by molar-refractivity contribution is 5.82. The highest BCUT2D eigenvalue weighted by atomic mass is 19.4. The summed E-state index contributed by atoms with van der Waals surface area (Å²) in [6, 6.07) is 5.69.